The van der Waals surface area contributed by atoms with E-state index in [9.17, 15) is 4.79 Å². The van der Waals surface area contributed by atoms with Gasteiger partial charge in [-0.05, 0) is 30.5 Å². The van der Waals surface area contributed by atoms with Crippen molar-refractivity contribution in [2.24, 2.45) is 5.73 Å². The van der Waals surface area contributed by atoms with Crippen molar-refractivity contribution in [2.75, 3.05) is 7.05 Å². The van der Waals surface area contributed by atoms with Crippen LogP contribution in [-0.4, -0.2) is 23.9 Å². The summed E-state index contributed by atoms with van der Waals surface area (Å²) in [5, 5.41) is 0. The van der Waals surface area contributed by atoms with Gasteiger partial charge in [0, 0.05) is 19.5 Å². The molecule has 0 aromatic heterocycles. The summed E-state index contributed by atoms with van der Waals surface area (Å²) < 4.78 is 0. The molecule has 1 aromatic carbocycles. The van der Waals surface area contributed by atoms with Gasteiger partial charge in [0.05, 0.1) is 6.04 Å². The quantitative estimate of drug-likeness (QED) is 0.777. The third-order valence-corrected chi connectivity index (χ3v) is 3.50. The summed E-state index contributed by atoms with van der Waals surface area (Å²) in [7, 11) is 1.83. The maximum atomic E-state index is 11.6. The number of carbonyl (C=O) groups is 1. The highest BCUT2D eigenvalue weighted by Gasteiger charge is 2.35. The number of likely N-dealkylation sites (tertiary alicyclic amines) is 1. The van der Waals surface area contributed by atoms with Crippen molar-refractivity contribution in [1.82, 2.24) is 4.90 Å². The number of amides is 1. The van der Waals surface area contributed by atoms with Crippen molar-refractivity contribution >= 4 is 5.91 Å². The Kier molecular flexibility index (Phi) is 2.72. The average Bonchev–Trinajstić information content (AvgIpc) is 2.47. The van der Waals surface area contributed by atoms with Gasteiger partial charge in [-0.3, -0.25) is 4.79 Å². The SMILES string of the molecule is Cc1ccc(C2C(N)CC(=O)N2C)cc1C. The van der Waals surface area contributed by atoms with Crippen molar-refractivity contribution in [2.45, 2.75) is 32.4 Å². The summed E-state index contributed by atoms with van der Waals surface area (Å²) in [4.78, 5) is 13.3. The first kappa shape index (κ1) is 11.1. The number of benzene rings is 1. The van der Waals surface area contributed by atoms with Gasteiger partial charge < -0.3 is 10.6 Å². The normalized spacial score (nSPS) is 25.2. The van der Waals surface area contributed by atoms with E-state index < -0.39 is 0 Å². The van der Waals surface area contributed by atoms with E-state index in [4.69, 9.17) is 5.73 Å². The lowest BCUT2D eigenvalue weighted by Gasteiger charge is -2.23. The van der Waals surface area contributed by atoms with E-state index >= 15 is 0 Å². The van der Waals surface area contributed by atoms with E-state index in [0.29, 0.717) is 6.42 Å². The highest BCUT2D eigenvalue weighted by atomic mass is 16.2. The van der Waals surface area contributed by atoms with Gasteiger partial charge in [0.25, 0.3) is 0 Å². The predicted octanol–water partition coefficient (Wildman–Crippen LogP) is 1.53. The Morgan fingerprint density at radius 2 is 2.00 bits per heavy atom. The molecule has 3 heteroatoms. The van der Waals surface area contributed by atoms with E-state index in [1.807, 2.05) is 7.05 Å². The number of nitrogens with zero attached hydrogens (tertiary/aromatic N) is 1. The summed E-state index contributed by atoms with van der Waals surface area (Å²) in [5.41, 5.74) is 9.68. The molecule has 1 heterocycles. The first-order valence-corrected chi connectivity index (χ1v) is 5.59. The molecule has 3 nitrogen and oxygen atoms in total. The Morgan fingerprint density at radius 3 is 2.50 bits per heavy atom. The van der Waals surface area contributed by atoms with Crippen LogP contribution in [0, 0.1) is 13.8 Å². The third-order valence-electron chi connectivity index (χ3n) is 3.50. The van der Waals surface area contributed by atoms with Crippen LogP contribution in [0.1, 0.15) is 29.2 Å². The molecule has 0 radical (unpaired) electrons. The number of carbonyl (C=O) groups excluding carboxylic acids is 1. The molecule has 2 rings (SSSR count). The van der Waals surface area contributed by atoms with Crippen molar-refractivity contribution < 1.29 is 4.79 Å². The van der Waals surface area contributed by atoms with Crippen molar-refractivity contribution in [3.8, 4) is 0 Å². The van der Waals surface area contributed by atoms with Crippen LogP contribution >= 0.6 is 0 Å². The molecule has 1 fully saturated rings. The maximum absolute atomic E-state index is 11.6. The van der Waals surface area contributed by atoms with Gasteiger partial charge in [-0.25, -0.2) is 0 Å². The second kappa shape index (κ2) is 3.91. The van der Waals surface area contributed by atoms with Crippen molar-refractivity contribution in [3.63, 3.8) is 0 Å². The van der Waals surface area contributed by atoms with E-state index in [0.717, 1.165) is 5.56 Å². The molecule has 0 spiro atoms. The summed E-state index contributed by atoms with van der Waals surface area (Å²) in [6, 6.07) is 6.25. The van der Waals surface area contributed by atoms with Crippen LogP contribution in [0.2, 0.25) is 0 Å². The van der Waals surface area contributed by atoms with Crippen molar-refractivity contribution in [1.29, 1.82) is 0 Å². The van der Waals surface area contributed by atoms with E-state index in [2.05, 4.69) is 32.0 Å². The Bertz CT molecular complexity index is 428. The number of likely N-dealkylation sites (N-methyl/N-ethyl adjacent to an activating group) is 1. The molecule has 1 aliphatic rings. The molecule has 2 atom stereocenters. The van der Waals surface area contributed by atoms with Crippen LogP contribution in [0.15, 0.2) is 18.2 Å². The van der Waals surface area contributed by atoms with E-state index in [-0.39, 0.29) is 18.0 Å². The predicted molar refractivity (Wildman–Crippen MR) is 64.0 cm³/mol. The van der Waals surface area contributed by atoms with Crippen LogP contribution in [-0.2, 0) is 4.79 Å². The third kappa shape index (κ3) is 1.71. The van der Waals surface area contributed by atoms with Gasteiger partial charge in [-0.2, -0.15) is 0 Å². The zero-order valence-electron chi connectivity index (χ0n) is 10.0. The van der Waals surface area contributed by atoms with Gasteiger partial charge in [0.15, 0.2) is 0 Å². The molecule has 86 valence electrons. The minimum Gasteiger partial charge on any atom is -0.337 e. The second-order valence-electron chi connectivity index (χ2n) is 4.66. The van der Waals surface area contributed by atoms with Crippen LogP contribution in [0.5, 0.6) is 0 Å². The number of aryl methyl sites for hydroxylation is 2. The smallest absolute Gasteiger partial charge is 0.224 e. The summed E-state index contributed by atoms with van der Waals surface area (Å²) in [5.74, 6) is 0.135. The van der Waals surface area contributed by atoms with Gasteiger partial charge in [0.2, 0.25) is 5.91 Å². The van der Waals surface area contributed by atoms with Crippen LogP contribution in [0.3, 0.4) is 0 Å². The second-order valence-corrected chi connectivity index (χ2v) is 4.66. The Morgan fingerprint density at radius 1 is 1.31 bits per heavy atom. The van der Waals surface area contributed by atoms with Crippen LogP contribution < -0.4 is 5.73 Å². The van der Waals surface area contributed by atoms with Crippen LogP contribution in [0.4, 0.5) is 0 Å². The minimum atomic E-state index is -0.0837. The lowest BCUT2D eigenvalue weighted by atomic mass is 9.97. The molecule has 0 saturated carbocycles. The largest absolute Gasteiger partial charge is 0.337 e. The monoisotopic (exact) mass is 218 g/mol. The first-order valence-electron chi connectivity index (χ1n) is 5.59. The summed E-state index contributed by atoms with van der Waals surface area (Å²) in [6.45, 7) is 4.17. The van der Waals surface area contributed by atoms with Crippen LogP contribution in [0.25, 0.3) is 0 Å². The Balaban J connectivity index is 2.37. The average molecular weight is 218 g/mol. The molecular weight excluding hydrogens is 200 g/mol. The van der Waals surface area contributed by atoms with Gasteiger partial charge in [-0.1, -0.05) is 18.2 Å². The number of hydrogen-bond acceptors (Lipinski definition) is 2. The maximum Gasteiger partial charge on any atom is 0.224 e. The van der Waals surface area contributed by atoms with E-state index in [1.54, 1.807) is 4.90 Å². The fourth-order valence-corrected chi connectivity index (χ4v) is 2.32. The molecule has 2 unspecified atom stereocenters. The molecule has 1 amide bonds. The van der Waals surface area contributed by atoms with E-state index in [1.165, 1.54) is 11.1 Å². The van der Waals surface area contributed by atoms with Gasteiger partial charge >= 0.3 is 0 Å². The summed E-state index contributed by atoms with van der Waals surface area (Å²) in [6.07, 6.45) is 0.452. The molecule has 16 heavy (non-hydrogen) atoms. The highest BCUT2D eigenvalue weighted by Crippen LogP contribution is 2.31. The molecule has 0 bridgehead atoms. The highest BCUT2D eigenvalue weighted by molar-refractivity contribution is 5.80. The van der Waals surface area contributed by atoms with Gasteiger partial charge in [-0.15, -0.1) is 0 Å². The molecule has 1 saturated heterocycles. The molecule has 0 aliphatic carbocycles. The van der Waals surface area contributed by atoms with Gasteiger partial charge in [0.1, 0.15) is 0 Å². The molecule has 2 N–H and O–H groups in total. The fraction of sp³-hybridized carbons (Fsp3) is 0.462. The minimum absolute atomic E-state index is 0.0341. The number of rotatable bonds is 1. The topological polar surface area (TPSA) is 46.3 Å². The Labute approximate surface area is 96.2 Å². The molecule has 1 aliphatic heterocycles. The lowest BCUT2D eigenvalue weighted by Crippen LogP contribution is -2.30. The lowest BCUT2D eigenvalue weighted by molar-refractivity contribution is -0.127. The number of nitrogens with two attached hydrogens (primary N) is 1. The first-order chi connectivity index (χ1) is 7.50. The van der Waals surface area contributed by atoms with Crippen molar-refractivity contribution in [3.05, 3.63) is 34.9 Å². The standard InChI is InChI=1S/C13H18N2O/c1-8-4-5-10(6-9(8)2)13-11(14)7-12(16)15(13)3/h4-6,11,13H,7,14H2,1-3H3. The Hall–Kier alpha value is -1.35. The summed E-state index contributed by atoms with van der Waals surface area (Å²) >= 11 is 0. The fourth-order valence-electron chi connectivity index (χ4n) is 2.32. The molecule has 1 aromatic rings. The zero-order valence-corrected chi connectivity index (χ0v) is 10.0. The zero-order chi connectivity index (χ0) is 11.9. The molecular formula is C13H18N2O. The number of hydrogen-bond donors (Lipinski definition) is 1.